The third-order valence-electron chi connectivity index (χ3n) is 2.88. The van der Waals surface area contributed by atoms with Crippen molar-refractivity contribution < 1.29 is 4.74 Å². The van der Waals surface area contributed by atoms with Crippen molar-refractivity contribution in [1.82, 2.24) is 0 Å². The molecule has 0 saturated carbocycles. The maximum atomic E-state index is 9.31. The summed E-state index contributed by atoms with van der Waals surface area (Å²) in [6.45, 7) is 0. The first kappa shape index (κ1) is 13.4. The summed E-state index contributed by atoms with van der Waals surface area (Å²) in [6, 6.07) is 18.7. The van der Waals surface area contributed by atoms with Crippen LogP contribution in [-0.4, -0.2) is 7.11 Å². The smallest absolute Gasteiger partial charge is 0.126 e. The number of allylic oxidation sites excluding steroid dienone is 1. The monoisotopic (exact) mass is 260 g/mol. The average molecular weight is 260 g/mol. The fourth-order valence-electron chi connectivity index (χ4n) is 1.85. The minimum atomic E-state index is 0.527. The second kappa shape index (κ2) is 6.22. The van der Waals surface area contributed by atoms with E-state index in [1.807, 2.05) is 24.3 Å². The summed E-state index contributed by atoms with van der Waals surface area (Å²) in [7, 11) is 1.60. The quantitative estimate of drug-likeness (QED) is 0.625. The Hall–Kier alpha value is -3.04. The molecular weight excluding hydrogens is 248 g/mol. The molecule has 20 heavy (non-hydrogen) atoms. The second-order valence-electron chi connectivity index (χ2n) is 4.10. The van der Waals surface area contributed by atoms with E-state index in [0.717, 1.165) is 11.1 Å². The predicted molar refractivity (Wildman–Crippen MR) is 77.6 cm³/mol. The molecule has 3 nitrogen and oxygen atoms in total. The molecule has 0 fully saturated rings. The lowest BCUT2D eigenvalue weighted by Crippen LogP contribution is -1.88. The summed E-state index contributed by atoms with van der Waals surface area (Å²) in [4.78, 5) is 0. The normalized spacial score (nSPS) is 10.4. The maximum absolute atomic E-state index is 9.31. The fraction of sp³-hybridized carbons (Fsp3) is 0.0588. The van der Waals surface area contributed by atoms with Crippen molar-refractivity contribution in [2.45, 2.75) is 0 Å². The number of ether oxygens (including phenoxy) is 1. The molecular formula is C17H12N2O. The second-order valence-corrected chi connectivity index (χ2v) is 4.10. The number of rotatable bonds is 3. The third-order valence-corrected chi connectivity index (χ3v) is 2.88. The largest absolute Gasteiger partial charge is 0.496 e. The Kier molecular flexibility index (Phi) is 4.17. The van der Waals surface area contributed by atoms with Crippen LogP contribution in [0.4, 0.5) is 0 Å². The van der Waals surface area contributed by atoms with E-state index in [-0.39, 0.29) is 0 Å². The van der Waals surface area contributed by atoms with Crippen LogP contribution in [-0.2, 0) is 0 Å². The van der Waals surface area contributed by atoms with Crippen LogP contribution in [0.2, 0.25) is 0 Å². The highest BCUT2D eigenvalue weighted by Crippen LogP contribution is 2.24. The summed E-state index contributed by atoms with van der Waals surface area (Å²) in [5, 5.41) is 18.1. The molecule has 0 aliphatic rings. The Morgan fingerprint density at radius 3 is 2.35 bits per heavy atom. The molecule has 0 atom stereocenters. The number of para-hydroxylation sites is 1. The summed E-state index contributed by atoms with van der Waals surface area (Å²) < 4.78 is 5.27. The van der Waals surface area contributed by atoms with Gasteiger partial charge in [-0.2, -0.15) is 10.5 Å². The van der Waals surface area contributed by atoms with E-state index < -0.39 is 0 Å². The lowest BCUT2D eigenvalue weighted by Gasteiger charge is -2.05. The van der Waals surface area contributed by atoms with Gasteiger partial charge in [-0.3, -0.25) is 0 Å². The molecule has 0 aliphatic heterocycles. The van der Waals surface area contributed by atoms with Gasteiger partial charge in [0.2, 0.25) is 0 Å². The van der Waals surface area contributed by atoms with Gasteiger partial charge in [0, 0.05) is 5.56 Å². The standard InChI is InChI=1S/C17H12N2O/c1-20-17-5-3-2-4-15(17)10-16(12-19)14-8-6-13(11-18)7-9-14/h2-10H,1H3/b16-10+. The van der Waals surface area contributed by atoms with E-state index >= 15 is 0 Å². The summed E-state index contributed by atoms with van der Waals surface area (Å²) in [5.74, 6) is 0.717. The molecule has 0 saturated heterocycles. The Labute approximate surface area is 118 Å². The summed E-state index contributed by atoms with van der Waals surface area (Å²) in [5.41, 5.74) is 2.72. The van der Waals surface area contributed by atoms with Gasteiger partial charge >= 0.3 is 0 Å². The molecule has 0 spiro atoms. The van der Waals surface area contributed by atoms with E-state index in [1.54, 1.807) is 37.5 Å². The molecule has 2 aromatic carbocycles. The van der Waals surface area contributed by atoms with Crippen molar-refractivity contribution in [2.24, 2.45) is 0 Å². The third kappa shape index (κ3) is 2.85. The molecule has 0 unspecified atom stereocenters. The summed E-state index contributed by atoms with van der Waals surface area (Å²) >= 11 is 0. The van der Waals surface area contributed by atoms with Crippen LogP contribution in [0.3, 0.4) is 0 Å². The molecule has 2 aromatic rings. The number of hydrogen-bond acceptors (Lipinski definition) is 3. The Morgan fingerprint density at radius 2 is 1.75 bits per heavy atom. The number of nitriles is 2. The van der Waals surface area contributed by atoms with Crippen molar-refractivity contribution in [3.63, 3.8) is 0 Å². The van der Waals surface area contributed by atoms with Crippen LogP contribution >= 0.6 is 0 Å². The van der Waals surface area contributed by atoms with Crippen molar-refractivity contribution >= 4 is 11.6 Å². The van der Waals surface area contributed by atoms with E-state index in [0.29, 0.717) is 16.9 Å². The molecule has 0 N–H and O–H groups in total. The van der Waals surface area contributed by atoms with Crippen molar-refractivity contribution in [3.05, 3.63) is 65.2 Å². The average Bonchev–Trinajstić information content (AvgIpc) is 2.53. The van der Waals surface area contributed by atoms with Crippen LogP contribution in [0, 0.1) is 22.7 Å². The van der Waals surface area contributed by atoms with Gasteiger partial charge in [-0.15, -0.1) is 0 Å². The van der Waals surface area contributed by atoms with Crippen molar-refractivity contribution in [2.75, 3.05) is 7.11 Å². The first-order valence-electron chi connectivity index (χ1n) is 6.04. The molecule has 0 heterocycles. The zero-order valence-electron chi connectivity index (χ0n) is 11.0. The van der Waals surface area contributed by atoms with E-state index in [9.17, 15) is 5.26 Å². The predicted octanol–water partition coefficient (Wildman–Crippen LogP) is 3.63. The van der Waals surface area contributed by atoms with Gasteiger partial charge in [-0.1, -0.05) is 30.3 Å². The Morgan fingerprint density at radius 1 is 1.05 bits per heavy atom. The van der Waals surface area contributed by atoms with Gasteiger partial charge in [-0.25, -0.2) is 0 Å². The first-order valence-corrected chi connectivity index (χ1v) is 6.04. The van der Waals surface area contributed by atoms with Crippen LogP contribution in [0.5, 0.6) is 5.75 Å². The van der Waals surface area contributed by atoms with Gasteiger partial charge in [0.05, 0.1) is 30.4 Å². The van der Waals surface area contributed by atoms with Gasteiger partial charge < -0.3 is 4.74 Å². The van der Waals surface area contributed by atoms with Crippen LogP contribution in [0.1, 0.15) is 16.7 Å². The molecule has 2 rings (SSSR count). The maximum Gasteiger partial charge on any atom is 0.126 e. The van der Waals surface area contributed by atoms with Crippen molar-refractivity contribution in [1.29, 1.82) is 10.5 Å². The molecule has 3 heteroatoms. The molecule has 0 amide bonds. The first-order chi connectivity index (χ1) is 9.78. The van der Waals surface area contributed by atoms with E-state index in [2.05, 4.69) is 12.1 Å². The Balaban J connectivity index is 2.44. The molecule has 96 valence electrons. The number of nitrogens with zero attached hydrogens (tertiary/aromatic N) is 2. The number of methoxy groups -OCH3 is 1. The minimum absolute atomic E-state index is 0.527. The SMILES string of the molecule is COc1ccccc1/C=C(\C#N)c1ccc(C#N)cc1. The highest BCUT2D eigenvalue weighted by Gasteiger charge is 2.04. The van der Waals surface area contributed by atoms with Gasteiger partial charge in [0.25, 0.3) is 0 Å². The Bertz CT molecular complexity index is 716. The number of hydrogen-bond donors (Lipinski definition) is 0. The summed E-state index contributed by atoms with van der Waals surface area (Å²) in [6.07, 6.45) is 1.78. The minimum Gasteiger partial charge on any atom is -0.496 e. The molecule has 0 aliphatic carbocycles. The fourth-order valence-corrected chi connectivity index (χ4v) is 1.85. The van der Waals surface area contributed by atoms with Gasteiger partial charge in [0.15, 0.2) is 0 Å². The highest BCUT2D eigenvalue weighted by molar-refractivity contribution is 5.90. The topological polar surface area (TPSA) is 56.8 Å². The lowest BCUT2D eigenvalue weighted by atomic mass is 10.0. The number of benzene rings is 2. The molecule has 0 radical (unpaired) electrons. The van der Waals surface area contributed by atoms with Crippen LogP contribution in [0.15, 0.2) is 48.5 Å². The van der Waals surface area contributed by atoms with Crippen molar-refractivity contribution in [3.8, 4) is 17.9 Å². The zero-order valence-corrected chi connectivity index (χ0v) is 11.0. The van der Waals surface area contributed by atoms with Gasteiger partial charge in [0.1, 0.15) is 5.75 Å². The zero-order chi connectivity index (χ0) is 14.4. The molecule has 0 aromatic heterocycles. The van der Waals surface area contributed by atoms with Crippen LogP contribution in [0.25, 0.3) is 11.6 Å². The van der Waals surface area contributed by atoms with E-state index in [4.69, 9.17) is 10.00 Å². The lowest BCUT2D eigenvalue weighted by molar-refractivity contribution is 0.414. The van der Waals surface area contributed by atoms with Crippen LogP contribution < -0.4 is 4.74 Å². The molecule has 0 bridgehead atoms. The highest BCUT2D eigenvalue weighted by atomic mass is 16.5. The van der Waals surface area contributed by atoms with E-state index in [1.165, 1.54) is 0 Å². The van der Waals surface area contributed by atoms with Gasteiger partial charge in [-0.05, 0) is 29.8 Å².